The van der Waals surface area contributed by atoms with Gasteiger partial charge in [0, 0.05) is 0 Å². The smallest absolute Gasteiger partial charge is 0.0107 e. The molecule has 0 fully saturated rings. The van der Waals surface area contributed by atoms with Gasteiger partial charge in [-0.3, -0.25) is 0 Å². The molecule has 4 aromatic rings. The molecule has 0 unspecified atom stereocenters. The zero-order chi connectivity index (χ0) is 22.4. The van der Waals surface area contributed by atoms with E-state index >= 15 is 0 Å². The number of aryl methyl sites for hydroxylation is 8. The van der Waals surface area contributed by atoms with Gasteiger partial charge in [0.15, 0.2) is 0 Å². The largest absolute Gasteiger partial charge is 0.0776 e. The van der Waals surface area contributed by atoms with E-state index in [4.69, 9.17) is 0 Å². The van der Waals surface area contributed by atoms with Crippen molar-refractivity contribution in [2.75, 3.05) is 0 Å². The molecule has 0 radical (unpaired) electrons. The second-order valence-corrected chi connectivity index (χ2v) is 9.75. The SMILES string of the molecule is C.Cc1c(C)c(C)c2c(C)c3c(C)c4c(C)c(C)c(C)c(C)c4c(C)c3c(C)c2c1C. The van der Waals surface area contributed by atoms with Crippen LogP contribution in [0.4, 0.5) is 0 Å². The molecule has 0 heterocycles. The van der Waals surface area contributed by atoms with Crippen molar-refractivity contribution in [3.63, 3.8) is 0 Å². The summed E-state index contributed by atoms with van der Waals surface area (Å²) in [5, 5.41) is 8.84. The number of hydrogen-bond acceptors (Lipinski definition) is 0. The molecule has 0 aliphatic heterocycles. The summed E-state index contributed by atoms with van der Waals surface area (Å²) < 4.78 is 0. The summed E-state index contributed by atoms with van der Waals surface area (Å²) in [6, 6.07) is 0. The Hall–Kier alpha value is -2.34. The van der Waals surface area contributed by atoms with Gasteiger partial charge in [-0.2, -0.15) is 0 Å². The summed E-state index contributed by atoms with van der Waals surface area (Å²) in [4.78, 5) is 0. The van der Waals surface area contributed by atoms with Crippen molar-refractivity contribution in [1.82, 2.24) is 0 Å². The molecule has 0 amide bonds. The molecule has 0 nitrogen and oxygen atoms in total. The Labute approximate surface area is 189 Å². The van der Waals surface area contributed by atoms with E-state index in [9.17, 15) is 0 Å². The summed E-state index contributed by atoms with van der Waals surface area (Å²) in [7, 11) is 0. The molecule has 0 saturated carbocycles. The van der Waals surface area contributed by atoms with Crippen LogP contribution in [0.5, 0.6) is 0 Å². The van der Waals surface area contributed by atoms with Crippen LogP contribution in [0.15, 0.2) is 0 Å². The lowest BCUT2D eigenvalue weighted by molar-refractivity contribution is 1.23. The second-order valence-electron chi connectivity index (χ2n) is 9.75. The van der Waals surface area contributed by atoms with E-state index in [0.29, 0.717) is 0 Å². The predicted octanol–water partition coefficient (Wildman–Crippen LogP) is 9.48. The quantitative estimate of drug-likeness (QED) is 0.252. The fourth-order valence-corrected chi connectivity index (χ4v) is 6.31. The fraction of sp³-hybridized carbons (Fsp3) is 0.419. The van der Waals surface area contributed by atoms with E-state index in [1.165, 1.54) is 99.1 Å². The highest BCUT2D eigenvalue weighted by Gasteiger charge is 2.22. The van der Waals surface area contributed by atoms with Crippen molar-refractivity contribution in [2.45, 2.75) is 90.5 Å². The van der Waals surface area contributed by atoms with Crippen LogP contribution in [-0.2, 0) is 0 Å². The number of benzene rings is 4. The topological polar surface area (TPSA) is 0 Å². The van der Waals surface area contributed by atoms with Crippen LogP contribution >= 0.6 is 0 Å². The minimum absolute atomic E-state index is 0. The first-order chi connectivity index (χ1) is 13.9. The van der Waals surface area contributed by atoms with Crippen molar-refractivity contribution in [1.29, 1.82) is 0 Å². The van der Waals surface area contributed by atoms with Crippen LogP contribution in [0.1, 0.15) is 74.2 Å². The van der Waals surface area contributed by atoms with Gasteiger partial charge in [-0.1, -0.05) is 7.43 Å². The predicted molar refractivity (Wildman–Crippen MR) is 143 cm³/mol. The zero-order valence-corrected chi connectivity index (χ0v) is 21.0. The molecular weight excluding hydrogens is 372 g/mol. The lowest BCUT2D eigenvalue weighted by Gasteiger charge is -2.25. The maximum Gasteiger partial charge on any atom is -0.0107 e. The molecular formula is C31H40. The Bertz CT molecular complexity index is 1210. The lowest BCUT2D eigenvalue weighted by Crippen LogP contribution is -2.03. The van der Waals surface area contributed by atoms with Gasteiger partial charge in [0.1, 0.15) is 0 Å². The van der Waals surface area contributed by atoms with Crippen molar-refractivity contribution in [2.24, 2.45) is 0 Å². The van der Waals surface area contributed by atoms with E-state index in [1.807, 2.05) is 0 Å². The van der Waals surface area contributed by atoms with Crippen molar-refractivity contribution < 1.29 is 0 Å². The minimum Gasteiger partial charge on any atom is -0.0776 e. The highest BCUT2D eigenvalue weighted by molar-refractivity contribution is 6.17. The maximum atomic E-state index is 2.35. The fourth-order valence-electron chi connectivity index (χ4n) is 6.31. The van der Waals surface area contributed by atoms with E-state index in [1.54, 1.807) is 0 Å². The van der Waals surface area contributed by atoms with E-state index in [0.717, 1.165) is 0 Å². The van der Waals surface area contributed by atoms with E-state index < -0.39 is 0 Å². The molecule has 0 aromatic heterocycles. The highest BCUT2D eigenvalue weighted by atomic mass is 14.3. The number of fused-ring (bicyclic) bond motifs is 3. The Balaban J connectivity index is 0.00000272. The van der Waals surface area contributed by atoms with Crippen LogP contribution in [0.25, 0.3) is 32.3 Å². The number of hydrogen-bond donors (Lipinski definition) is 0. The van der Waals surface area contributed by atoms with E-state index in [-0.39, 0.29) is 7.43 Å². The first-order valence-corrected chi connectivity index (χ1v) is 11.2. The van der Waals surface area contributed by atoms with Crippen molar-refractivity contribution in [3.05, 3.63) is 66.8 Å². The molecule has 4 aromatic carbocycles. The standard InChI is InChI=1S/C30H36.CH4/c1-13-14(2)18(6)26-22(10)30-24(12)28-20(8)16(4)15(3)19(7)27(28)23(11)29(30)21(9)25(26)17(13)5;/h1-12H3;1H4. The third kappa shape index (κ3) is 2.73. The Kier molecular flexibility index (Phi) is 5.54. The number of rotatable bonds is 0. The molecule has 4 rings (SSSR count). The Morgan fingerprint density at radius 1 is 0.194 bits per heavy atom. The second kappa shape index (κ2) is 7.37. The van der Waals surface area contributed by atoms with Crippen molar-refractivity contribution in [3.8, 4) is 0 Å². The average molecular weight is 413 g/mol. The monoisotopic (exact) mass is 412 g/mol. The van der Waals surface area contributed by atoms with Gasteiger partial charge in [-0.05, 0) is 182 Å². The first-order valence-electron chi connectivity index (χ1n) is 11.2. The molecule has 0 aliphatic rings. The normalized spacial score (nSPS) is 11.6. The molecule has 0 saturated heterocycles. The van der Waals surface area contributed by atoms with Gasteiger partial charge in [-0.15, -0.1) is 0 Å². The summed E-state index contributed by atoms with van der Waals surface area (Å²) in [5.41, 5.74) is 17.3. The summed E-state index contributed by atoms with van der Waals surface area (Å²) in [6.07, 6.45) is 0. The van der Waals surface area contributed by atoms with Gasteiger partial charge in [0.25, 0.3) is 0 Å². The summed E-state index contributed by atoms with van der Waals surface area (Å²) >= 11 is 0. The molecule has 0 atom stereocenters. The Morgan fingerprint density at radius 2 is 0.323 bits per heavy atom. The molecule has 0 spiro atoms. The van der Waals surface area contributed by atoms with Gasteiger partial charge in [0.05, 0.1) is 0 Å². The maximum absolute atomic E-state index is 2.35. The third-order valence-electron chi connectivity index (χ3n) is 8.62. The molecule has 0 N–H and O–H groups in total. The van der Waals surface area contributed by atoms with Gasteiger partial charge >= 0.3 is 0 Å². The molecule has 31 heavy (non-hydrogen) atoms. The minimum atomic E-state index is 0. The molecule has 164 valence electrons. The van der Waals surface area contributed by atoms with Crippen LogP contribution in [0, 0.1) is 83.1 Å². The van der Waals surface area contributed by atoms with Gasteiger partial charge in [-0.25, -0.2) is 0 Å². The first kappa shape index (κ1) is 23.3. The van der Waals surface area contributed by atoms with Crippen LogP contribution in [-0.4, -0.2) is 0 Å². The molecule has 0 bridgehead atoms. The lowest BCUT2D eigenvalue weighted by atomic mass is 9.78. The van der Waals surface area contributed by atoms with Gasteiger partial charge in [0.2, 0.25) is 0 Å². The highest BCUT2D eigenvalue weighted by Crippen LogP contribution is 2.45. The average Bonchev–Trinajstić information content (AvgIpc) is 2.70. The summed E-state index contributed by atoms with van der Waals surface area (Å²) in [5.74, 6) is 0. The van der Waals surface area contributed by atoms with Crippen LogP contribution in [0.2, 0.25) is 0 Å². The van der Waals surface area contributed by atoms with Crippen molar-refractivity contribution >= 4 is 32.3 Å². The van der Waals surface area contributed by atoms with Crippen LogP contribution < -0.4 is 0 Å². The summed E-state index contributed by atoms with van der Waals surface area (Å²) in [6.45, 7) is 27.8. The molecule has 0 aliphatic carbocycles. The Morgan fingerprint density at radius 3 is 0.484 bits per heavy atom. The van der Waals surface area contributed by atoms with Gasteiger partial charge < -0.3 is 0 Å². The zero-order valence-electron chi connectivity index (χ0n) is 21.0. The van der Waals surface area contributed by atoms with E-state index in [2.05, 4.69) is 83.1 Å². The molecule has 0 heteroatoms. The third-order valence-corrected chi connectivity index (χ3v) is 8.62. The van der Waals surface area contributed by atoms with Crippen LogP contribution in [0.3, 0.4) is 0 Å².